The Bertz CT molecular complexity index is 370. The molecule has 1 aromatic rings. The summed E-state index contributed by atoms with van der Waals surface area (Å²) in [7, 11) is 0. The zero-order valence-corrected chi connectivity index (χ0v) is 11.2. The number of amides is 1. The van der Waals surface area contributed by atoms with E-state index in [1.807, 2.05) is 6.92 Å². The van der Waals surface area contributed by atoms with Crippen molar-refractivity contribution in [3.63, 3.8) is 0 Å². The van der Waals surface area contributed by atoms with Gasteiger partial charge in [-0.2, -0.15) is 0 Å². The molecular formula is C10H10BrCl2NO. The predicted octanol–water partition coefficient (Wildman–Crippen LogP) is 4.11. The van der Waals surface area contributed by atoms with Gasteiger partial charge < -0.3 is 5.32 Å². The van der Waals surface area contributed by atoms with E-state index >= 15 is 0 Å². The second-order valence-electron chi connectivity index (χ2n) is 2.99. The minimum atomic E-state index is -0.215. The molecule has 82 valence electrons. The molecular weight excluding hydrogens is 301 g/mol. The van der Waals surface area contributed by atoms with Crippen LogP contribution in [0.5, 0.6) is 0 Å². The van der Waals surface area contributed by atoms with Gasteiger partial charge in [-0.1, -0.05) is 46.1 Å². The van der Waals surface area contributed by atoms with Gasteiger partial charge in [-0.25, -0.2) is 0 Å². The molecule has 0 aromatic heterocycles. The Morgan fingerprint density at radius 3 is 2.80 bits per heavy atom. The summed E-state index contributed by atoms with van der Waals surface area (Å²) >= 11 is 14.9. The van der Waals surface area contributed by atoms with E-state index < -0.39 is 0 Å². The normalized spacial score (nSPS) is 12.3. The fourth-order valence-corrected chi connectivity index (χ4v) is 1.44. The van der Waals surface area contributed by atoms with Crippen molar-refractivity contribution in [3.8, 4) is 0 Å². The largest absolute Gasteiger partial charge is 0.324 e. The quantitative estimate of drug-likeness (QED) is 0.837. The fourth-order valence-electron chi connectivity index (χ4n) is 0.990. The number of benzene rings is 1. The number of anilines is 1. The van der Waals surface area contributed by atoms with E-state index in [-0.39, 0.29) is 10.7 Å². The molecule has 1 N–H and O–H groups in total. The zero-order valence-electron chi connectivity index (χ0n) is 8.06. The van der Waals surface area contributed by atoms with Crippen LogP contribution in [0.25, 0.3) is 0 Å². The van der Waals surface area contributed by atoms with Gasteiger partial charge in [0, 0.05) is 5.02 Å². The fraction of sp³-hybridized carbons (Fsp3) is 0.300. The van der Waals surface area contributed by atoms with Gasteiger partial charge in [0.1, 0.15) is 0 Å². The second-order valence-corrected chi connectivity index (χ2v) is 4.94. The average Bonchev–Trinajstić information content (AvgIpc) is 2.22. The van der Waals surface area contributed by atoms with Crippen molar-refractivity contribution in [3.05, 3.63) is 28.2 Å². The second kappa shape index (κ2) is 5.73. The third-order valence-corrected chi connectivity index (χ3v) is 3.46. The summed E-state index contributed by atoms with van der Waals surface area (Å²) in [5, 5.41) is 3.71. The van der Waals surface area contributed by atoms with Crippen molar-refractivity contribution in [2.24, 2.45) is 0 Å². The third kappa shape index (κ3) is 3.67. The van der Waals surface area contributed by atoms with Crippen LogP contribution in [0.1, 0.15) is 13.3 Å². The van der Waals surface area contributed by atoms with Gasteiger partial charge in [0.15, 0.2) is 0 Å². The Labute approximate surface area is 107 Å². The summed E-state index contributed by atoms with van der Waals surface area (Å²) in [5.41, 5.74) is 0.534. The maximum atomic E-state index is 11.5. The molecule has 1 aromatic carbocycles. The molecule has 15 heavy (non-hydrogen) atoms. The summed E-state index contributed by atoms with van der Waals surface area (Å²) in [6.45, 7) is 1.92. The molecule has 0 aliphatic carbocycles. The molecule has 0 spiro atoms. The molecule has 5 heteroatoms. The minimum Gasteiger partial charge on any atom is -0.324 e. The Morgan fingerprint density at radius 2 is 2.20 bits per heavy atom. The zero-order chi connectivity index (χ0) is 11.4. The van der Waals surface area contributed by atoms with E-state index in [9.17, 15) is 4.79 Å². The molecule has 1 amide bonds. The van der Waals surface area contributed by atoms with Crippen molar-refractivity contribution in [1.82, 2.24) is 0 Å². The van der Waals surface area contributed by atoms with Gasteiger partial charge in [-0.3, -0.25) is 4.79 Å². The Balaban J connectivity index is 2.80. The molecule has 2 nitrogen and oxygen atoms in total. The van der Waals surface area contributed by atoms with E-state index in [4.69, 9.17) is 23.2 Å². The number of carbonyl (C=O) groups excluding carboxylic acids is 1. The number of nitrogens with one attached hydrogen (secondary N) is 1. The van der Waals surface area contributed by atoms with Gasteiger partial charge in [-0.05, 0) is 24.6 Å². The number of alkyl halides is 1. The van der Waals surface area contributed by atoms with Crippen LogP contribution < -0.4 is 5.32 Å². The van der Waals surface area contributed by atoms with Crippen LogP contribution in [0.2, 0.25) is 10.0 Å². The maximum Gasteiger partial charge on any atom is 0.238 e. The van der Waals surface area contributed by atoms with Gasteiger partial charge in [0.25, 0.3) is 0 Å². The van der Waals surface area contributed by atoms with Gasteiger partial charge in [0.05, 0.1) is 15.5 Å². The highest BCUT2D eigenvalue weighted by molar-refractivity contribution is 9.10. The third-order valence-electron chi connectivity index (χ3n) is 1.83. The van der Waals surface area contributed by atoms with Crippen LogP contribution in [0.4, 0.5) is 5.69 Å². The number of hydrogen-bond acceptors (Lipinski definition) is 1. The van der Waals surface area contributed by atoms with E-state index in [0.717, 1.165) is 0 Å². The molecule has 0 fully saturated rings. The van der Waals surface area contributed by atoms with Gasteiger partial charge in [-0.15, -0.1) is 0 Å². The highest BCUT2D eigenvalue weighted by atomic mass is 79.9. The van der Waals surface area contributed by atoms with Crippen LogP contribution in [0, 0.1) is 0 Å². The minimum absolute atomic E-state index is 0.123. The van der Waals surface area contributed by atoms with Gasteiger partial charge >= 0.3 is 0 Å². The average molecular weight is 311 g/mol. The lowest BCUT2D eigenvalue weighted by molar-refractivity contribution is -0.115. The topological polar surface area (TPSA) is 29.1 Å². The number of carbonyl (C=O) groups is 1. The number of hydrogen-bond donors (Lipinski definition) is 1. The SMILES string of the molecule is CC[C@H](Br)C(=O)Nc1cc(Cl)ccc1Cl. The molecule has 0 bridgehead atoms. The number of rotatable bonds is 3. The van der Waals surface area contributed by atoms with Crippen molar-refractivity contribution >= 4 is 50.7 Å². The van der Waals surface area contributed by atoms with E-state index in [0.29, 0.717) is 22.2 Å². The lowest BCUT2D eigenvalue weighted by Crippen LogP contribution is -2.22. The summed E-state index contributed by atoms with van der Waals surface area (Å²) in [6.07, 6.45) is 0.712. The maximum absolute atomic E-state index is 11.5. The van der Waals surface area contributed by atoms with Crippen molar-refractivity contribution in [2.45, 2.75) is 18.2 Å². The molecule has 0 saturated heterocycles. The molecule has 0 radical (unpaired) electrons. The lowest BCUT2D eigenvalue weighted by Gasteiger charge is -2.10. The molecule has 0 unspecified atom stereocenters. The standard InChI is InChI=1S/C10H10BrCl2NO/c1-2-7(11)10(15)14-9-5-6(12)3-4-8(9)13/h3-5,7H,2H2,1H3,(H,14,15)/t7-/m0/s1. The monoisotopic (exact) mass is 309 g/mol. The molecule has 1 atom stereocenters. The first kappa shape index (κ1) is 12.8. The highest BCUT2D eigenvalue weighted by Gasteiger charge is 2.13. The van der Waals surface area contributed by atoms with Gasteiger partial charge in [0.2, 0.25) is 5.91 Å². The summed E-state index contributed by atoms with van der Waals surface area (Å²) in [4.78, 5) is 11.3. The molecule has 0 saturated carbocycles. The summed E-state index contributed by atoms with van der Waals surface area (Å²) in [6, 6.07) is 4.94. The Morgan fingerprint density at radius 1 is 1.53 bits per heavy atom. The van der Waals surface area contributed by atoms with Crippen molar-refractivity contribution in [2.75, 3.05) is 5.32 Å². The molecule has 0 aliphatic heterocycles. The summed E-state index contributed by atoms with van der Waals surface area (Å²) in [5.74, 6) is -0.123. The van der Waals surface area contributed by atoms with E-state index in [1.54, 1.807) is 18.2 Å². The Hall–Kier alpha value is -0.250. The highest BCUT2D eigenvalue weighted by Crippen LogP contribution is 2.26. The van der Waals surface area contributed by atoms with Crippen LogP contribution in [-0.2, 0) is 4.79 Å². The van der Waals surface area contributed by atoms with Crippen LogP contribution >= 0.6 is 39.1 Å². The first-order chi connectivity index (χ1) is 7.04. The number of halogens is 3. The van der Waals surface area contributed by atoms with Crippen molar-refractivity contribution < 1.29 is 4.79 Å². The molecule has 0 heterocycles. The first-order valence-electron chi connectivity index (χ1n) is 4.44. The smallest absolute Gasteiger partial charge is 0.238 e. The predicted molar refractivity (Wildman–Crippen MR) is 68.1 cm³/mol. The summed E-state index contributed by atoms with van der Waals surface area (Å²) < 4.78 is 0. The van der Waals surface area contributed by atoms with Crippen LogP contribution in [0.15, 0.2) is 18.2 Å². The van der Waals surface area contributed by atoms with Crippen LogP contribution in [0.3, 0.4) is 0 Å². The van der Waals surface area contributed by atoms with E-state index in [1.165, 1.54) is 0 Å². The molecule has 1 rings (SSSR count). The molecule has 0 aliphatic rings. The lowest BCUT2D eigenvalue weighted by atomic mass is 10.3. The first-order valence-corrected chi connectivity index (χ1v) is 6.11. The Kier molecular flexibility index (Phi) is 4.90. The van der Waals surface area contributed by atoms with Crippen LogP contribution in [-0.4, -0.2) is 10.7 Å². The van der Waals surface area contributed by atoms with Crippen molar-refractivity contribution in [1.29, 1.82) is 0 Å². The van der Waals surface area contributed by atoms with E-state index in [2.05, 4.69) is 21.2 Å².